The normalized spacial score (nSPS) is 26.8. The molecule has 1 N–H and O–H groups in total. The smallest absolute Gasteiger partial charge is 0.274 e. The Labute approximate surface area is 154 Å². The van der Waals surface area contributed by atoms with Crippen molar-refractivity contribution in [2.24, 2.45) is 5.41 Å². The topological polar surface area (TPSA) is 72.5 Å². The van der Waals surface area contributed by atoms with Crippen LogP contribution in [0.2, 0.25) is 0 Å². The molecule has 3 aliphatic rings. The molecule has 1 aromatic rings. The molecule has 7 heteroatoms. The maximum Gasteiger partial charge on any atom is 0.274 e. The number of carbonyl (C=O) groups is 2. The molecule has 142 valence electrons. The molecule has 0 aromatic carbocycles. The molecule has 1 spiro atoms. The van der Waals surface area contributed by atoms with Gasteiger partial charge in [-0.25, -0.2) is 0 Å². The largest absolute Gasteiger partial charge is 0.340 e. The molecule has 0 radical (unpaired) electrons. The van der Waals surface area contributed by atoms with Gasteiger partial charge in [-0.15, -0.1) is 0 Å². The summed E-state index contributed by atoms with van der Waals surface area (Å²) < 4.78 is 0. The first-order valence-corrected chi connectivity index (χ1v) is 9.76. The van der Waals surface area contributed by atoms with Crippen molar-refractivity contribution in [3.63, 3.8) is 0 Å². The Morgan fingerprint density at radius 3 is 2.81 bits per heavy atom. The third-order valence-corrected chi connectivity index (χ3v) is 6.36. The van der Waals surface area contributed by atoms with Crippen LogP contribution in [0.1, 0.15) is 54.9 Å². The predicted molar refractivity (Wildman–Crippen MR) is 97.7 cm³/mol. The Kier molecular flexibility index (Phi) is 4.29. The Morgan fingerprint density at radius 2 is 2.04 bits per heavy atom. The van der Waals surface area contributed by atoms with E-state index in [9.17, 15) is 9.59 Å². The van der Waals surface area contributed by atoms with Gasteiger partial charge in [0.05, 0.1) is 5.41 Å². The maximum atomic E-state index is 13.1. The standard InChI is InChI=1S/C19H29N5O2/c1-13(2)24-8-4-6-19(18(24)26)7-10-23(12-19)17(25)16-14-11-22(3)9-5-15(14)20-21-16/h13H,4-12H2,1-3H3,(H,20,21)/t19-/m1/s1. The highest BCUT2D eigenvalue weighted by atomic mass is 16.2. The first kappa shape index (κ1) is 17.5. The van der Waals surface area contributed by atoms with Crippen molar-refractivity contribution in [3.8, 4) is 0 Å². The van der Waals surface area contributed by atoms with Gasteiger partial charge in [0.15, 0.2) is 5.69 Å². The lowest BCUT2D eigenvalue weighted by atomic mass is 9.78. The number of aromatic amines is 1. The number of hydrogen-bond donors (Lipinski definition) is 1. The van der Waals surface area contributed by atoms with Crippen molar-refractivity contribution in [1.82, 2.24) is 24.9 Å². The van der Waals surface area contributed by atoms with Gasteiger partial charge in [-0.1, -0.05) is 0 Å². The summed E-state index contributed by atoms with van der Waals surface area (Å²) in [7, 11) is 2.07. The second-order valence-electron chi connectivity index (χ2n) is 8.47. The Morgan fingerprint density at radius 1 is 1.23 bits per heavy atom. The van der Waals surface area contributed by atoms with Crippen molar-refractivity contribution in [2.45, 2.75) is 52.1 Å². The summed E-state index contributed by atoms with van der Waals surface area (Å²) in [5.41, 5.74) is 2.28. The molecule has 0 aliphatic carbocycles. The van der Waals surface area contributed by atoms with Crippen LogP contribution in [0, 0.1) is 5.41 Å². The van der Waals surface area contributed by atoms with E-state index in [1.54, 1.807) is 0 Å². The monoisotopic (exact) mass is 359 g/mol. The van der Waals surface area contributed by atoms with Crippen LogP contribution < -0.4 is 0 Å². The summed E-state index contributed by atoms with van der Waals surface area (Å²) in [6.07, 6.45) is 3.58. The molecule has 0 bridgehead atoms. The van der Waals surface area contributed by atoms with Crippen LogP contribution in [0.15, 0.2) is 0 Å². The van der Waals surface area contributed by atoms with E-state index >= 15 is 0 Å². The molecule has 26 heavy (non-hydrogen) atoms. The maximum absolute atomic E-state index is 13.1. The number of rotatable bonds is 2. The van der Waals surface area contributed by atoms with Crippen molar-refractivity contribution in [1.29, 1.82) is 0 Å². The zero-order chi connectivity index (χ0) is 18.5. The molecule has 7 nitrogen and oxygen atoms in total. The molecule has 4 heterocycles. The van der Waals surface area contributed by atoms with E-state index in [0.717, 1.165) is 56.6 Å². The van der Waals surface area contributed by atoms with Crippen molar-refractivity contribution < 1.29 is 9.59 Å². The molecule has 2 fully saturated rings. The van der Waals surface area contributed by atoms with Crippen molar-refractivity contribution in [2.75, 3.05) is 33.2 Å². The molecule has 2 amide bonds. The van der Waals surface area contributed by atoms with Gasteiger partial charge in [-0.05, 0) is 40.2 Å². The fourth-order valence-corrected chi connectivity index (χ4v) is 4.77. The van der Waals surface area contributed by atoms with Crippen molar-refractivity contribution in [3.05, 3.63) is 17.0 Å². The zero-order valence-corrected chi connectivity index (χ0v) is 16.0. The van der Waals surface area contributed by atoms with E-state index < -0.39 is 0 Å². The molecule has 1 aromatic heterocycles. The number of likely N-dealkylation sites (tertiary alicyclic amines) is 2. The average molecular weight is 359 g/mol. The van der Waals surface area contributed by atoms with E-state index in [1.807, 2.05) is 9.80 Å². The summed E-state index contributed by atoms with van der Waals surface area (Å²) in [6.45, 7) is 7.90. The molecule has 0 unspecified atom stereocenters. The Hall–Kier alpha value is -1.89. The molecule has 4 rings (SSSR count). The van der Waals surface area contributed by atoms with Gasteiger partial charge < -0.3 is 14.7 Å². The van der Waals surface area contributed by atoms with Crippen LogP contribution in [-0.4, -0.2) is 76.0 Å². The highest BCUT2D eigenvalue weighted by Gasteiger charge is 2.50. The van der Waals surface area contributed by atoms with Gasteiger partial charge in [0.2, 0.25) is 5.91 Å². The van der Waals surface area contributed by atoms with Crippen molar-refractivity contribution >= 4 is 11.8 Å². The van der Waals surface area contributed by atoms with E-state index in [0.29, 0.717) is 18.8 Å². The summed E-state index contributed by atoms with van der Waals surface area (Å²) in [5, 5.41) is 7.39. The van der Waals surface area contributed by atoms with E-state index in [4.69, 9.17) is 0 Å². The summed E-state index contributed by atoms with van der Waals surface area (Å²) >= 11 is 0. The number of amides is 2. The van der Waals surface area contributed by atoms with E-state index in [1.165, 1.54) is 0 Å². The SMILES string of the molecule is CC(C)N1CCC[C@]2(CCN(C(=O)c3n[nH]c4c3CN(C)CC4)C2)C1=O. The van der Waals surface area contributed by atoms with Gasteiger partial charge in [0.1, 0.15) is 0 Å². The second kappa shape index (κ2) is 6.37. The van der Waals surface area contributed by atoms with Crippen LogP contribution in [0.5, 0.6) is 0 Å². The summed E-state index contributed by atoms with van der Waals surface area (Å²) in [5.74, 6) is 0.210. The number of nitrogens with one attached hydrogen (secondary N) is 1. The lowest BCUT2D eigenvalue weighted by Crippen LogP contribution is -2.52. The molecule has 2 saturated heterocycles. The number of piperidine rings is 1. The predicted octanol–water partition coefficient (Wildman–Crippen LogP) is 1.26. The molecule has 0 saturated carbocycles. The Balaban J connectivity index is 1.53. The third kappa shape index (κ3) is 2.73. The fraction of sp³-hybridized carbons (Fsp3) is 0.737. The minimum atomic E-state index is -0.384. The molecular weight excluding hydrogens is 330 g/mol. The van der Waals surface area contributed by atoms with Gasteiger partial charge >= 0.3 is 0 Å². The van der Waals surface area contributed by atoms with Crippen LogP contribution >= 0.6 is 0 Å². The highest BCUT2D eigenvalue weighted by molar-refractivity contribution is 5.95. The number of aromatic nitrogens is 2. The zero-order valence-electron chi connectivity index (χ0n) is 16.0. The number of nitrogens with zero attached hydrogens (tertiary/aromatic N) is 4. The number of carbonyl (C=O) groups excluding carboxylic acids is 2. The first-order valence-electron chi connectivity index (χ1n) is 9.76. The Bertz CT molecular complexity index is 728. The lowest BCUT2D eigenvalue weighted by Gasteiger charge is -2.41. The summed E-state index contributed by atoms with van der Waals surface area (Å²) in [4.78, 5) is 32.3. The molecule has 3 aliphatic heterocycles. The van der Waals surface area contributed by atoms with E-state index in [-0.39, 0.29) is 23.3 Å². The van der Waals surface area contributed by atoms with Crippen LogP contribution in [-0.2, 0) is 17.8 Å². The quantitative estimate of drug-likeness (QED) is 0.863. The molecule has 1 atom stereocenters. The van der Waals surface area contributed by atoms with Crippen LogP contribution in [0.25, 0.3) is 0 Å². The highest BCUT2D eigenvalue weighted by Crippen LogP contribution is 2.41. The van der Waals surface area contributed by atoms with Gasteiger partial charge in [-0.2, -0.15) is 5.10 Å². The number of fused-ring (bicyclic) bond motifs is 1. The number of likely N-dealkylation sites (N-methyl/N-ethyl adjacent to an activating group) is 1. The minimum absolute atomic E-state index is 0.0239. The van der Waals surface area contributed by atoms with E-state index in [2.05, 4.69) is 36.0 Å². The minimum Gasteiger partial charge on any atom is -0.340 e. The van der Waals surface area contributed by atoms with Crippen LogP contribution in [0.3, 0.4) is 0 Å². The number of hydrogen-bond acceptors (Lipinski definition) is 4. The lowest BCUT2D eigenvalue weighted by molar-refractivity contribution is -0.147. The van der Waals surface area contributed by atoms with Gasteiger partial charge in [0, 0.05) is 56.4 Å². The number of H-pyrrole nitrogens is 1. The molecular formula is C19H29N5O2. The van der Waals surface area contributed by atoms with Gasteiger partial charge in [-0.3, -0.25) is 14.7 Å². The first-order chi connectivity index (χ1) is 12.4. The fourth-order valence-electron chi connectivity index (χ4n) is 4.77. The third-order valence-electron chi connectivity index (χ3n) is 6.36. The van der Waals surface area contributed by atoms with Gasteiger partial charge in [0.25, 0.3) is 5.91 Å². The second-order valence-corrected chi connectivity index (χ2v) is 8.47. The average Bonchev–Trinajstić information content (AvgIpc) is 3.21. The summed E-state index contributed by atoms with van der Waals surface area (Å²) in [6, 6.07) is 0.221. The van der Waals surface area contributed by atoms with Crippen LogP contribution in [0.4, 0.5) is 0 Å².